The summed E-state index contributed by atoms with van der Waals surface area (Å²) in [6.07, 6.45) is 4.07. The van der Waals surface area contributed by atoms with Crippen molar-refractivity contribution in [1.82, 2.24) is 19.2 Å². The van der Waals surface area contributed by atoms with Gasteiger partial charge in [0.05, 0.1) is 26.2 Å². The van der Waals surface area contributed by atoms with Crippen molar-refractivity contribution in [3.8, 4) is 0 Å². The molecule has 1 aliphatic carbocycles. The van der Waals surface area contributed by atoms with Crippen LogP contribution in [0.25, 0.3) is 0 Å². The minimum absolute atomic E-state index is 0.0249. The van der Waals surface area contributed by atoms with Crippen LogP contribution in [0.15, 0.2) is 30.3 Å². The Balaban J connectivity index is 1.48. The molecule has 2 heterocycles. The molecule has 0 unspecified atom stereocenters. The maximum atomic E-state index is 11.7. The van der Waals surface area contributed by atoms with E-state index in [9.17, 15) is 4.79 Å². The van der Waals surface area contributed by atoms with Crippen molar-refractivity contribution in [2.24, 2.45) is 5.92 Å². The second-order valence-corrected chi connectivity index (χ2v) is 7.91. The molecule has 0 bridgehead atoms. The third-order valence-corrected chi connectivity index (χ3v) is 5.96. The minimum atomic E-state index is -0.0885. The van der Waals surface area contributed by atoms with Crippen LogP contribution < -0.4 is 0 Å². The third-order valence-electron chi connectivity index (χ3n) is 5.53. The van der Waals surface area contributed by atoms with E-state index in [2.05, 4.69) is 33.7 Å². The number of likely N-dealkylation sites (tertiary alicyclic amines) is 1. The highest BCUT2D eigenvalue weighted by molar-refractivity contribution is 7.71. The summed E-state index contributed by atoms with van der Waals surface area (Å²) in [4.78, 5) is 14.0. The molecule has 4 rings (SSSR count). The van der Waals surface area contributed by atoms with Crippen molar-refractivity contribution in [2.75, 3.05) is 20.2 Å². The Morgan fingerprint density at radius 2 is 1.89 bits per heavy atom. The van der Waals surface area contributed by atoms with Crippen molar-refractivity contribution in [3.05, 3.63) is 46.5 Å². The lowest BCUT2D eigenvalue weighted by molar-refractivity contribution is -0.147. The number of ether oxygens (including phenoxy) is 1. The van der Waals surface area contributed by atoms with Crippen molar-refractivity contribution in [1.29, 1.82) is 0 Å². The molecule has 1 aromatic heterocycles. The molecule has 0 atom stereocenters. The average molecular weight is 387 g/mol. The van der Waals surface area contributed by atoms with Crippen molar-refractivity contribution in [2.45, 2.75) is 44.8 Å². The topological polar surface area (TPSA) is 52.3 Å². The highest BCUT2D eigenvalue weighted by atomic mass is 32.1. The first kappa shape index (κ1) is 18.4. The van der Waals surface area contributed by atoms with E-state index in [1.807, 2.05) is 10.7 Å². The summed E-state index contributed by atoms with van der Waals surface area (Å²) in [5, 5.41) is 4.87. The van der Waals surface area contributed by atoms with Crippen LogP contribution in [0, 0.1) is 10.7 Å². The first-order valence-corrected chi connectivity index (χ1v) is 10.1. The molecule has 144 valence electrons. The number of nitrogens with zero attached hydrogens (tertiary/aromatic N) is 4. The fourth-order valence-corrected chi connectivity index (χ4v) is 4.03. The molecule has 1 saturated carbocycles. The zero-order valence-corrected chi connectivity index (χ0v) is 16.5. The highest BCUT2D eigenvalue weighted by Crippen LogP contribution is 2.39. The van der Waals surface area contributed by atoms with E-state index in [1.54, 1.807) is 0 Å². The fourth-order valence-electron chi connectivity index (χ4n) is 3.77. The summed E-state index contributed by atoms with van der Waals surface area (Å²) >= 11 is 5.77. The Kier molecular flexibility index (Phi) is 5.41. The number of hydrogen-bond donors (Lipinski definition) is 0. The average Bonchev–Trinajstić information content (AvgIpc) is 3.51. The highest BCUT2D eigenvalue weighted by Gasteiger charge is 2.31. The summed E-state index contributed by atoms with van der Waals surface area (Å²) in [6.45, 7) is 3.20. The molecule has 7 heteroatoms. The Bertz CT molecular complexity index is 849. The minimum Gasteiger partial charge on any atom is -0.469 e. The Morgan fingerprint density at radius 1 is 1.19 bits per heavy atom. The lowest BCUT2D eigenvalue weighted by Crippen LogP contribution is -2.38. The van der Waals surface area contributed by atoms with E-state index in [4.69, 9.17) is 22.1 Å². The molecule has 6 nitrogen and oxygen atoms in total. The molecular weight excluding hydrogens is 360 g/mol. The number of carbonyl (C=O) groups is 1. The summed E-state index contributed by atoms with van der Waals surface area (Å²) in [5.41, 5.74) is 1.24. The Morgan fingerprint density at radius 3 is 2.52 bits per heavy atom. The second-order valence-electron chi connectivity index (χ2n) is 7.54. The predicted octanol–water partition coefficient (Wildman–Crippen LogP) is 3.18. The maximum Gasteiger partial charge on any atom is 0.308 e. The van der Waals surface area contributed by atoms with Crippen LogP contribution in [0.5, 0.6) is 0 Å². The van der Waals surface area contributed by atoms with Crippen LogP contribution >= 0.6 is 12.2 Å². The van der Waals surface area contributed by atoms with Crippen LogP contribution in [0.3, 0.4) is 0 Å². The molecule has 2 fully saturated rings. The van der Waals surface area contributed by atoms with E-state index in [0.29, 0.717) is 12.6 Å². The van der Waals surface area contributed by atoms with E-state index in [0.717, 1.165) is 43.1 Å². The van der Waals surface area contributed by atoms with Crippen molar-refractivity contribution in [3.63, 3.8) is 0 Å². The predicted molar refractivity (Wildman–Crippen MR) is 105 cm³/mol. The molecular formula is C20H26N4O2S. The number of benzene rings is 1. The van der Waals surface area contributed by atoms with Gasteiger partial charge in [-0.25, -0.2) is 4.68 Å². The smallest absolute Gasteiger partial charge is 0.308 e. The summed E-state index contributed by atoms with van der Waals surface area (Å²) in [7, 11) is 1.47. The van der Waals surface area contributed by atoms with Gasteiger partial charge >= 0.3 is 5.97 Å². The number of rotatable bonds is 6. The van der Waals surface area contributed by atoms with Crippen LogP contribution in [0.2, 0.25) is 0 Å². The second kappa shape index (κ2) is 7.94. The zero-order chi connectivity index (χ0) is 18.8. The fraction of sp³-hybridized carbons (Fsp3) is 0.550. The summed E-state index contributed by atoms with van der Waals surface area (Å²) < 4.78 is 9.82. The van der Waals surface area contributed by atoms with Gasteiger partial charge in [0.2, 0.25) is 0 Å². The molecule has 1 saturated heterocycles. The number of carbonyl (C=O) groups excluding carboxylic acids is 1. The van der Waals surface area contributed by atoms with Gasteiger partial charge in [0, 0.05) is 19.0 Å². The number of hydrogen-bond acceptors (Lipinski definition) is 5. The molecule has 27 heavy (non-hydrogen) atoms. The van der Waals surface area contributed by atoms with Gasteiger partial charge in [-0.1, -0.05) is 30.3 Å². The van der Waals surface area contributed by atoms with Crippen LogP contribution in [0.1, 0.15) is 43.0 Å². The number of piperidine rings is 1. The molecule has 1 aromatic carbocycles. The normalized spacial score (nSPS) is 18.6. The molecule has 0 N–H and O–H groups in total. The standard InChI is InChI=1S/C20H26N4O2S/c1-26-19(25)17-9-11-22(12-10-17)14-24-20(27)23(18(21-24)16-7-8-16)13-15-5-3-2-4-6-15/h2-6,16-17H,7-14H2,1H3. The van der Waals surface area contributed by atoms with Crippen LogP contribution in [-0.2, 0) is 22.7 Å². The van der Waals surface area contributed by atoms with Gasteiger partial charge in [-0.05, 0) is 43.5 Å². The molecule has 2 aromatic rings. The largest absolute Gasteiger partial charge is 0.469 e. The van der Waals surface area contributed by atoms with Gasteiger partial charge in [0.25, 0.3) is 0 Å². The molecule has 0 amide bonds. The van der Waals surface area contributed by atoms with Crippen molar-refractivity contribution >= 4 is 18.2 Å². The Hall–Kier alpha value is -1.99. The number of aromatic nitrogens is 3. The first-order chi connectivity index (χ1) is 13.2. The van der Waals surface area contributed by atoms with Crippen molar-refractivity contribution < 1.29 is 9.53 Å². The van der Waals surface area contributed by atoms with Crippen LogP contribution in [-0.4, -0.2) is 45.4 Å². The van der Waals surface area contributed by atoms with Gasteiger partial charge in [-0.2, -0.15) is 5.10 Å². The van der Waals surface area contributed by atoms with Gasteiger partial charge in [-0.15, -0.1) is 0 Å². The SMILES string of the molecule is COC(=O)C1CCN(Cn2nc(C3CC3)n(Cc3ccccc3)c2=S)CC1. The monoisotopic (exact) mass is 386 g/mol. The quantitative estimate of drug-likeness (QED) is 0.564. The van der Waals surface area contributed by atoms with E-state index in [-0.39, 0.29) is 11.9 Å². The van der Waals surface area contributed by atoms with E-state index >= 15 is 0 Å². The van der Waals surface area contributed by atoms with Gasteiger partial charge in [0.15, 0.2) is 4.77 Å². The molecule has 2 aliphatic rings. The third kappa shape index (κ3) is 4.14. The lowest BCUT2D eigenvalue weighted by atomic mass is 9.97. The van der Waals surface area contributed by atoms with Gasteiger partial charge in [0.1, 0.15) is 5.82 Å². The van der Waals surface area contributed by atoms with E-state index < -0.39 is 0 Å². The molecule has 1 aliphatic heterocycles. The Labute approximate surface area is 164 Å². The number of esters is 1. The zero-order valence-electron chi connectivity index (χ0n) is 15.7. The maximum absolute atomic E-state index is 11.7. The summed E-state index contributed by atoms with van der Waals surface area (Å²) in [6, 6.07) is 10.4. The first-order valence-electron chi connectivity index (χ1n) is 9.67. The van der Waals surface area contributed by atoms with Gasteiger partial charge < -0.3 is 4.74 Å². The van der Waals surface area contributed by atoms with Gasteiger partial charge in [-0.3, -0.25) is 14.3 Å². The lowest BCUT2D eigenvalue weighted by Gasteiger charge is -2.30. The number of methoxy groups -OCH3 is 1. The summed E-state index contributed by atoms with van der Waals surface area (Å²) in [5.74, 6) is 1.60. The van der Waals surface area contributed by atoms with E-state index in [1.165, 1.54) is 25.5 Å². The van der Waals surface area contributed by atoms with Crippen LogP contribution in [0.4, 0.5) is 0 Å². The molecule has 0 spiro atoms. The molecule has 0 radical (unpaired) electrons.